The third kappa shape index (κ3) is 3.79. The molecular formula is C12H14O5. The molecule has 5 heteroatoms. The second-order valence-corrected chi connectivity index (χ2v) is 3.43. The van der Waals surface area contributed by atoms with Crippen LogP contribution in [0.5, 0.6) is 11.5 Å². The molecule has 0 fully saturated rings. The van der Waals surface area contributed by atoms with E-state index in [4.69, 9.17) is 9.84 Å². The maximum absolute atomic E-state index is 11.6. The number of carboxylic acid groups (broad SMARTS) is 1. The first kappa shape index (κ1) is 13.0. The lowest BCUT2D eigenvalue weighted by molar-refractivity contribution is -0.136. The van der Waals surface area contributed by atoms with Crippen molar-refractivity contribution in [3.63, 3.8) is 0 Å². The first-order chi connectivity index (χ1) is 8.04. The number of ether oxygens (including phenoxy) is 1. The topological polar surface area (TPSA) is 83.8 Å². The van der Waals surface area contributed by atoms with Crippen LogP contribution in [0.3, 0.4) is 0 Å². The van der Waals surface area contributed by atoms with Gasteiger partial charge in [-0.3, -0.25) is 9.59 Å². The van der Waals surface area contributed by atoms with Crippen LogP contribution in [0.4, 0.5) is 0 Å². The van der Waals surface area contributed by atoms with Crippen molar-refractivity contribution in [2.45, 2.75) is 19.8 Å². The van der Waals surface area contributed by atoms with E-state index in [2.05, 4.69) is 0 Å². The van der Waals surface area contributed by atoms with Crippen LogP contribution >= 0.6 is 0 Å². The molecule has 0 aliphatic carbocycles. The number of Topliss-reactive ketones (excluding diaryl/α,β-unsaturated/α-hetero) is 1. The molecule has 17 heavy (non-hydrogen) atoms. The third-order valence-corrected chi connectivity index (χ3v) is 2.15. The van der Waals surface area contributed by atoms with Crippen LogP contribution in [0.2, 0.25) is 0 Å². The molecule has 0 spiro atoms. The Balaban J connectivity index is 2.80. The molecule has 92 valence electrons. The Morgan fingerprint density at radius 1 is 1.29 bits per heavy atom. The van der Waals surface area contributed by atoms with Gasteiger partial charge in [0.05, 0.1) is 13.0 Å². The molecule has 1 aromatic carbocycles. The van der Waals surface area contributed by atoms with Crippen molar-refractivity contribution in [2.75, 3.05) is 6.61 Å². The van der Waals surface area contributed by atoms with Crippen LogP contribution in [0.25, 0.3) is 0 Å². The summed E-state index contributed by atoms with van der Waals surface area (Å²) in [5.41, 5.74) is 0.340. The number of carbonyl (C=O) groups excluding carboxylic acids is 1. The normalized spacial score (nSPS) is 9.94. The van der Waals surface area contributed by atoms with E-state index >= 15 is 0 Å². The minimum atomic E-state index is -1.01. The van der Waals surface area contributed by atoms with Crippen LogP contribution in [0, 0.1) is 0 Å². The number of aromatic hydroxyl groups is 1. The summed E-state index contributed by atoms with van der Waals surface area (Å²) in [7, 11) is 0. The van der Waals surface area contributed by atoms with Crippen LogP contribution in [-0.4, -0.2) is 28.6 Å². The highest BCUT2D eigenvalue weighted by atomic mass is 16.5. The van der Waals surface area contributed by atoms with Gasteiger partial charge in [0.15, 0.2) is 17.3 Å². The molecule has 0 amide bonds. The van der Waals surface area contributed by atoms with E-state index in [1.54, 1.807) is 6.92 Å². The van der Waals surface area contributed by atoms with Gasteiger partial charge in [0.1, 0.15) is 0 Å². The van der Waals surface area contributed by atoms with Gasteiger partial charge < -0.3 is 14.9 Å². The summed E-state index contributed by atoms with van der Waals surface area (Å²) in [6, 6.07) is 4.23. The van der Waals surface area contributed by atoms with Crippen LogP contribution in [-0.2, 0) is 4.79 Å². The molecule has 0 radical (unpaired) electrons. The number of carbonyl (C=O) groups is 2. The summed E-state index contributed by atoms with van der Waals surface area (Å²) in [6.45, 7) is 2.14. The largest absolute Gasteiger partial charge is 0.504 e. The fourth-order valence-electron chi connectivity index (χ4n) is 1.32. The van der Waals surface area contributed by atoms with E-state index in [1.807, 2.05) is 0 Å². The van der Waals surface area contributed by atoms with E-state index in [-0.39, 0.29) is 30.1 Å². The molecule has 1 aromatic rings. The molecule has 0 aromatic heterocycles. The Labute approximate surface area is 98.6 Å². The smallest absolute Gasteiger partial charge is 0.303 e. The number of carboxylic acids is 1. The summed E-state index contributed by atoms with van der Waals surface area (Å²) in [6.07, 6.45) is -0.269. The van der Waals surface area contributed by atoms with E-state index in [0.29, 0.717) is 12.2 Å². The molecular weight excluding hydrogens is 224 g/mol. The molecule has 2 N–H and O–H groups in total. The summed E-state index contributed by atoms with van der Waals surface area (Å²) in [5.74, 6) is -1.11. The minimum absolute atomic E-state index is 0.0402. The first-order valence-corrected chi connectivity index (χ1v) is 5.25. The zero-order valence-electron chi connectivity index (χ0n) is 9.47. The Morgan fingerprint density at radius 3 is 2.59 bits per heavy atom. The number of phenols is 1. The SMILES string of the molecule is CCOc1cc(C(=O)CCC(=O)O)ccc1O. The number of phenolic OH excluding ortho intramolecular Hbond substituents is 1. The van der Waals surface area contributed by atoms with Gasteiger partial charge in [-0.25, -0.2) is 0 Å². The van der Waals surface area contributed by atoms with Gasteiger partial charge in [0, 0.05) is 12.0 Å². The quantitative estimate of drug-likeness (QED) is 0.739. The Kier molecular flexibility index (Phi) is 4.51. The highest BCUT2D eigenvalue weighted by Crippen LogP contribution is 2.27. The predicted molar refractivity (Wildman–Crippen MR) is 60.5 cm³/mol. The lowest BCUT2D eigenvalue weighted by atomic mass is 10.1. The number of benzene rings is 1. The highest BCUT2D eigenvalue weighted by molar-refractivity contribution is 5.98. The van der Waals surface area contributed by atoms with Crippen molar-refractivity contribution in [1.29, 1.82) is 0 Å². The molecule has 0 saturated heterocycles. The average molecular weight is 238 g/mol. The lowest BCUT2D eigenvalue weighted by Crippen LogP contribution is -2.04. The van der Waals surface area contributed by atoms with E-state index in [0.717, 1.165) is 0 Å². The van der Waals surface area contributed by atoms with Crippen LogP contribution in [0.1, 0.15) is 30.1 Å². The molecule has 0 heterocycles. The molecule has 0 bridgehead atoms. The van der Waals surface area contributed by atoms with E-state index in [1.165, 1.54) is 18.2 Å². The Hall–Kier alpha value is -2.04. The summed E-state index contributed by atoms with van der Waals surface area (Å²) in [5, 5.41) is 17.9. The van der Waals surface area contributed by atoms with E-state index < -0.39 is 5.97 Å². The molecule has 0 unspecified atom stereocenters. The average Bonchev–Trinajstić information content (AvgIpc) is 2.29. The number of rotatable bonds is 6. The molecule has 0 atom stereocenters. The standard InChI is InChI=1S/C12H14O5/c1-2-17-11-7-8(3-4-10(11)14)9(13)5-6-12(15)16/h3-4,7,14H,2,5-6H2,1H3,(H,15,16). The fourth-order valence-corrected chi connectivity index (χ4v) is 1.32. The molecule has 0 saturated carbocycles. The van der Waals surface area contributed by atoms with Gasteiger partial charge in [0.25, 0.3) is 0 Å². The van der Waals surface area contributed by atoms with Crippen molar-refractivity contribution in [1.82, 2.24) is 0 Å². The molecule has 1 rings (SSSR count). The molecule has 0 aliphatic heterocycles. The first-order valence-electron chi connectivity index (χ1n) is 5.25. The molecule has 5 nitrogen and oxygen atoms in total. The van der Waals surface area contributed by atoms with E-state index in [9.17, 15) is 14.7 Å². The summed E-state index contributed by atoms with van der Waals surface area (Å²) < 4.78 is 5.13. The number of hydrogen-bond acceptors (Lipinski definition) is 4. The molecule has 0 aliphatic rings. The summed E-state index contributed by atoms with van der Waals surface area (Å²) in [4.78, 5) is 22.0. The number of ketones is 1. The van der Waals surface area contributed by atoms with Gasteiger partial charge in [-0.2, -0.15) is 0 Å². The zero-order valence-corrected chi connectivity index (χ0v) is 9.47. The van der Waals surface area contributed by atoms with Gasteiger partial charge >= 0.3 is 5.97 Å². The number of aliphatic carboxylic acids is 1. The van der Waals surface area contributed by atoms with Gasteiger partial charge in [-0.1, -0.05) is 0 Å². The van der Waals surface area contributed by atoms with Crippen molar-refractivity contribution in [3.8, 4) is 11.5 Å². The van der Waals surface area contributed by atoms with Gasteiger partial charge in [-0.05, 0) is 25.1 Å². The minimum Gasteiger partial charge on any atom is -0.504 e. The van der Waals surface area contributed by atoms with Crippen molar-refractivity contribution in [2.24, 2.45) is 0 Å². The third-order valence-electron chi connectivity index (χ3n) is 2.15. The number of hydrogen-bond donors (Lipinski definition) is 2. The second kappa shape index (κ2) is 5.89. The Morgan fingerprint density at radius 2 is 2.00 bits per heavy atom. The fraction of sp³-hybridized carbons (Fsp3) is 0.333. The van der Waals surface area contributed by atoms with Crippen molar-refractivity contribution < 1.29 is 24.5 Å². The monoisotopic (exact) mass is 238 g/mol. The maximum atomic E-state index is 11.6. The predicted octanol–water partition coefficient (Wildman–Crippen LogP) is 1.84. The van der Waals surface area contributed by atoms with Gasteiger partial charge in [0.2, 0.25) is 0 Å². The highest BCUT2D eigenvalue weighted by Gasteiger charge is 2.11. The second-order valence-electron chi connectivity index (χ2n) is 3.43. The van der Waals surface area contributed by atoms with Crippen LogP contribution in [0.15, 0.2) is 18.2 Å². The Bertz CT molecular complexity index is 425. The zero-order chi connectivity index (χ0) is 12.8. The van der Waals surface area contributed by atoms with Crippen molar-refractivity contribution in [3.05, 3.63) is 23.8 Å². The van der Waals surface area contributed by atoms with Crippen LogP contribution < -0.4 is 4.74 Å². The lowest BCUT2D eigenvalue weighted by Gasteiger charge is -2.07. The maximum Gasteiger partial charge on any atom is 0.303 e. The summed E-state index contributed by atoms with van der Waals surface area (Å²) >= 11 is 0. The van der Waals surface area contributed by atoms with Gasteiger partial charge in [-0.15, -0.1) is 0 Å². The van der Waals surface area contributed by atoms with Crippen molar-refractivity contribution >= 4 is 11.8 Å².